The molecule has 1 aliphatic rings. The van der Waals surface area contributed by atoms with Crippen molar-refractivity contribution in [1.29, 1.82) is 0 Å². The number of ether oxygens (including phenoxy) is 1. The molecular formula is C17H16ClNO2. The first-order valence-electron chi connectivity index (χ1n) is 6.94. The van der Waals surface area contributed by atoms with Crippen LogP contribution in [0.4, 0.5) is 0 Å². The predicted octanol–water partition coefficient (Wildman–Crippen LogP) is 3.10. The van der Waals surface area contributed by atoms with E-state index < -0.39 is 0 Å². The average Bonchev–Trinajstić information content (AvgIpc) is 2.53. The van der Waals surface area contributed by atoms with Crippen molar-refractivity contribution >= 4 is 17.6 Å². The minimum absolute atomic E-state index is 0.207. The molecule has 4 heteroatoms. The molecule has 1 aliphatic heterocycles. The number of halogens is 1. The summed E-state index contributed by atoms with van der Waals surface area (Å²) in [6.45, 7) is 0.903. The van der Waals surface area contributed by atoms with Crippen molar-refractivity contribution in [2.24, 2.45) is 0 Å². The zero-order chi connectivity index (χ0) is 14.7. The number of esters is 1. The first-order chi connectivity index (χ1) is 10.2. The number of fused-ring (bicyclic) bond motifs is 1. The van der Waals surface area contributed by atoms with Crippen molar-refractivity contribution < 1.29 is 9.53 Å². The van der Waals surface area contributed by atoms with Gasteiger partial charge in [-0.05, 0) is 23.6 Å². The maximum absolute atomic E-state index is 12.2. The van der Waals surface area contributed by atoms with E-state index in [4.69, 9.17) is 16.3 Å². The standard InChI is InChI=1S/C17H16ClNO2/c18-15-8-4-3-7-14(15)11-21-17(20)16-9-12-5-1-2-6-13(12)10-19-16/h1-8,16,19H,9-11H2/t16-/m0/s1. The fourth-order valence-corrected chi connectivity index (χ4v) is 2.68. The Morgan fingerprint density at radius 1 is 1.14 bits per heavy atom. The second-order valence-electron chi connectivity index (χ2n) is 5.11. The zero-order valence-electron chi connectivity index (χ0n) is 11.5. The Hall–Kier alpha value is -1.84. The van der Waals surface area contributed by atoms with Gasteiger partial charge in [0.1, 0.15) is 12.6 Å². The Bertz CT molecular complexity index is 657. The van der Waals surface area contributed by atoms with Gasteiger partial charge in [0.15, 0.2) is 0 Å². The molecule has 0 spiro atoms. The van der Waals surface area contributed by atoms with E-state index in [1.165, 1.54) is 11.1 Å². The smallest absolute Gasteiger partial charge is 0.323 e. The molecule has 0 fully saturated rings. The SMILES string of the molecule is O=C(OCc1ccccc1Cl)[C@@H]1Cc2ccccc2CN1. The van der Waals surface area contributed by atoms with Gasteiger partial charge >= 0.3 is 5.97 Å². The number of hydrogen-bond acceptors (Lipinski definition) is 3. The molecule has 0 aliphatic carbocycles. The third-order valence-electron chi connectivity index (χ3n) is 3.69. The van der Waals surface area contributed by atoms with E-state index in [2.05, 4.69) is 17.4 Å². The Labute approximate surface area is 128 Å². The molecule has 0 unspecified atom stereocenters. The molecule has 0 radical (unpaired) electrons. The molecule has 2 aromatic carbocycles. The Balaban J connectivity index is 1.61. The van der Waals surface area contributed by atoms with Gasteiger partial charge in [-0.3, -0.25) is 4.79 Å². The van der Waals surface area contributed by atoms with Crippen LogP contribution >= 0.6 is 11.6 Å². The summed E-state index contributed by atoms with van der Waals surface area (Å²) in [6.07, 6.45) is 0.664. The fraction of sp³-hybridized carbons (Fsp3) is 0.235. The lowest BCUT2D eigenvalue weighted by Crippen LogP contribution is -2.42. The predicted molar refractivity (Wildman–Crippen MR) is 82.0 cm³/mol. The lowest BCUT2D eigenvalue weighted by atomic mass is 9.96. The van der Waals surface area contributed by atoms with E-state index in [1.54, 1.807) is 6.07 Å². The highest BCUT2D eigenvalue weighted by atomic mass is 35.5. The highest BCUT2D eigenvalue weighted by Crippen LogP contribution is 2.19. The molecule has 3 rings (SSSR count). The van der Waals surface area contributed by atoms with Crippen molar-refractivity contribution in [2.45, 2.75) is 25.6 Å². The summed E-state index contributed by atoms with van der Waals surface area (Å²) < 4.78 is 5.38. The van der Waals surface area contributed by atoms with Gasteiger partial charge in [-0.15, -0.1) is 0 Å². The quantitative estimate of drug-likeness (QED) is 0.885. The molecule has 1 N–H and O–H groups in total. The average molecular weight is 302 g/mol. The maximum atomic E-state index is 12.2. The van der Waals surface area contributed by atoms with Crippen molar-refractivity contribution in [3.05, 3.63) is 70.2 Å². The number of rotatable bonds is 3. The summed E-state index contributed by atoms with van der Waals surface area (Å²) in [7, 11) is 0. The highest BCUT2D eigenvalue weighted by molar-refractivity contribution is 6.31. The molecule has 0 aromatic heterocycles. The van der Waals surface area contributed by atoms with Crippen LogP contribution in [-0.2, 0) is 29.1 Å². The highest BCUT2D eigenvalue weighted by Gasteiger charge is 2.25. The van der Waals surface area contributed by atoms with E-state index in [0.717, 1.165) is 5.56 Å². The summed E-state index contributed by atoms with van der Waals surface area (Å²) in [5.41, 5.74) is 3.27. The molecule has 0 saturated carbocycles. The summed E-state index contributed by atoms with van der Waals surface area (Å²) in [6, 6.07) is 15.2. The number of benzene rings is 2. The van der Waals surface area contributed by atoms with Crippen molar-refractivity contribution in [3.63, 3.8) is 0 Å². The summed E-state index contributed by atoms with van der Waals surface area (Å²) >= 11 is 6.05. The monoisotopic (exact) mass is 301 g/mol. The zero-order valence-corrected chi connectivity index (χ0v) is 12.3. The van der Waals surface area contributed by atoms with E-state index in [0.29, 0.717) is 18.0 Å². The van der Waals surface area contributed by atoms with Gasteiger partial charge in [0.05, 0.1) is 0 Å². The molecule has 0 bridgehead atoms. The molecule has 1 atom stereocenters. The molecule has 1 heterocycles. The van der Waals surface area contributed by atoms with Crippen molar-refractivity contribution in [2.75, 3.05) is 0 Å². The van der Waals surface area contributed by atoms with Gasteiger partial charge < -0.3 is 10.1 Å². The van der Waals surface area contributed by atoms with Crippen LogP contribution in [0.2, 0.25) is 5.02 Å². The van der Waals surface area contributed by atoms with Gasteiger partial charge in [0, 0.05) is 17.1 Å². The molecule has 3 nitrogen and oxygen atoms in total. The lowest BCUT2D eigenvalue weighted by molar-refractivity contribution is -0.147. The van der Waals surface area contributed by atoms with Crippen LogP contribution in [0, 0.1) is 0 Å². The Morgan fingerprint density at radius 2 is 1.86 bits per heavy atom. The van der Waals surface area contributed by atoms with Crippen LogP contribution in [0.25, 0.3) is 0 Å². The molecule has 108 valence electrons. The summed E-state index contributed by atoms with van der Waals surface area (Å²) in [5, 5.41) is 3.84. The van der Waals surface area contributed by atoms with Crippen molar-refractivity contribution in [3.8, 4) is 0 Å². The van der Waals surface area contributed by atoms with E-state index in [-0.39, 0.29) is 18.6 Å². The third kappa shape index (κ3) is 3.26. The number of hydrogen-bond donors (Lipinski definition) is 1. The first kappa shape index (κ1) is 14.1. The molecule has 0 amide bonds. The van der Waals surface area contributed by atoms with Crippen LogP contribution in [0.5, 0.6) is 0 Å². The lowest BCUT2D eigenvalue weighted by Gasteiger charge is -2.24. The third-order valence-corrected chi connectivity index (χ3v) is 4.06. The van der Waals surface area contributed by atoms with Crippen molar-refractivity contribution in [1.82, 2.24) is 5.32 Å². The van der Waals surface area contributed by atoms with Crippen LogP contribution in [0.3, 0.4) is 0 Å². The molecular weight excluding hydrogens is 286 g/mol. The van der Waals surface area contributed by atoms with Crippen LogP contribution < -0.4 is 5.32 Å². The number of carbonyl (C=O) groups is 1. The summed E-state index contributed by atoms with van der Waals surface area (Å²) in [4.78, 5) is 12.2. The van der Waals surface area contributed by atoms with Gasteiger partial charge in [-0.2, -0.15) is 0 Å². The fourth-order valence-electron chi connectivity index (χ4n) is 2.49. The van der Waals surface area contributed by atoms with Gasteiger partial charge in [0.25, 0.3) is 0 Å². The Morgan fingerprint density at radius 3 is 2.67 bits per heavy atom. The van der Waals surface area contributed by atoms with Crippen LogP contribution in [-0.4, -0.2) is 12.0 Å². The van der Waals surface area contributed by atoms with Gasteiger partial charge in [-0.25, -0.2) is 0 Å². The van der Waals surface area contributed by atoms with Crippen LogP contribution in [0.1, 0.15) is 16.7 Å². The normalized spacial score (nSPS) is 17.1. The van der Waals surface area contributed by atoms with Gasteiger partial charge in [0.2, 0.25) is 0 Å². The van der Waals surface area contributed by atoms with Gasteiger partial charge in [-0.1, -0.05) is 54.1 Å². The first-order valence-corrected chi connectivity index (χ1v) is 7.32. The second kappa shape index (κ2) is 6.29. The minimum atomic E-state index is -0.289. The minimum Gasteiger partial charge on any atom is -0.460 e. The topological polar surface area (TPSA) is 38.3 Å². The van der Waals surface area contributed by atoms with E-state index in [1.807, 2.05) is 30.3 Å². The molecule has 2 aromatic rings. The van der Waals surface area contributed by atoms with Crippen LogP contribution in [0.15, 0.2) is 48.5 Å². The second-order valence-corrected chi connectivity index (χ2v) is 5.51. The summed E-state index contributed by atoms with van der Waals surface area (Å²) in [5.74, 6) is -0.232. The Kier molecular flexibility index (Phi) is 4.23. The van der Waals surface area contributed by atoms with E-state index in [9.17, 15) is 4.79 Å². The molecule has 0 saturated heterocycles. The number of nitrogens with one attached hydrogen (secondary N) is 1. The largest absolute Gasteiger partial charge is 0.460 e. The van der Waals surface area contributed by atoms with E-state index >= 15 is 0 Å². The number of carbonyl (C=O) groups excluding carboxylic acids is 1. The maximum Gasteiger partial charge on any atom is 0.323 e. The molecule has 21 heavy (non-hydrogen) atoms.